The first kappa shape index (κ1) is 34.3. The van der Waals surface area contributed by atoms with E-state index in [1.165, 1.54) is 83.5 Å². The van der Waals surface area contributed by atoms with Crippen molar-refractivity contribution in [2.75, 3.05) is 26.9 Å². The Morgan fingerprint density at radius 1 is 0.686 bits per heavy atom. The fourth-order valence-corrected chi connectivity index (χ4v) is 6.55. The van der Waals surface area contributed by atoms with Gasteiger partial charge in [-0.25, -0.2) is 4.79 Å². The first-order valence-electron chi connectivity index (χ1n) is 14.2. The van der Waals surface area contributed by atoms with E-state index in [1.54, 1.807) is 0 Å². The van der Waals surface area contributed by atoms with Crippen LogP contribution < -0.4 is 0 Å². The van der Waals surface area contributed by atoms with Gasteiger partial charge >= 0.3 is 5.97 Å². The van der Waals surface area contributed by atoms with Crippen LogP contribution in [0.5, 0.6) is 0 Å². The van der Waals surface area contributed by atoms with Crippen LogP contribution in [-0.2, 0) is 14.9 Å². The van der Waals surface area contributed by atoms with Crippen molar-refractivity contribution < 1.29 is 27.4 Å². The highest BCUT2D eigenvalue weighted by Gasteiger charge is 2.60. The van der Waals surface area contributed by atoms with E-state index in [2.05, 4.69) is 6.92 Å². The fourth-order valence-electron chi connectivity index (χ4n) is 5.78. The summed E-state index contributed by atoms with van der Waals surface area (Å²) in [6.07, 6.45) is 20.9. The largest absolute Gasteiger partial charge is 0.477 e. The first-order valence-corrected chi connectivity index (χ1v) is 15.8. The van der Waals surface area contributed by atoms with Gasteiger partial charge in [-0.2, -0.15) is 8.42 Å². The smallest absolute Gasteiger partial charge is 0.366 e. The van der Waals surface area contributed by atoms with Crippen LogP contribution in [0.3, 0.4) is 0 Å². The molecule has 2 N–H and O–H groups in total. The molecule has 0 aliphatic carbocycles. The Morgan fingerprint density at radius 2 is 1.03 bits per heavy atom. The van der Waals surface area contributed by atoms with E-state index in [1.807, 2.05) is 35.0 Å². The van der Waals surface area contributed by atoms with Gasteiger partial charge in [0.1, 0.15) is 0 Å². The Morgan fingerprint density at radius 3 is 1.31 bits per heavy atom. The Bertz CT molecular complexity index is 669. The summed E-state index contributed by atoms with van der Waals surface area (Å²) in [5.74, 6) is -1.32. The van der Waals surface area contributed by atoms with Crippen molar-refractivity contribution in [3.05, 3.63) is 0 Å². The minimum Gasteiger partial charge on any atom is -0.477 e. The molecule has 7 heteroatoms. The topological polar surface area (TPSA) is 91.7 Å². The van der Waals surface area contributed by atoms with Gasteiger partial charge in [-0.3, -0.25) is 4.55 Å². The number of rotatable bonds is 23. The number of unbranched alkanes of at least 4 members (excludes halogenated alkanes) is 15. The van der Waals surface area contributed by atoms with E-state index < -0.39 is 32.8 Å². The van der Waals surface area contributed by atoms with Crippen molar-refractivity contribution in [2.24, 2.45) is 5.41 Å². The second-order valence-electron chi connectivity index (χ2n) is 12.2. The lowest BCUT2D eigenvalue weighted by Crippen LogP contribution is -2.69. The predicted octanol–water partition coefficient (Wildman–Crippen LogP) is 7.47. The monoisotopic (exact) mass is 520 g/mol. The molecule has 210 valence electrons. The number of carboxylic acids is 1. The Labute approximate surface area is 217 Å². The zero-order chi connectivity index (χ0) is 27.0. The first-order chi connectivity index (χ1) is 16.2. The summed E-state index contributed by atoms with van der Waals surface area (Å²) in [6.45, 7) is 5.90. The van der Waals surface area contributed by atoms with Gasteiger partial charge < -0.3 is 9.59 Å². The molecule has 0 aliphatic heterocycles. The van der Waals surface area contributed by atoms with Gasteiger partial charge in [-0.05, 0) is 12.8 Å². The summed E-state index contributed by atoms with van der Waals surface area (Å²) in [5, 5.41) is 10.3. The molecule has 0 spiro atoms. The molecule has 0 amide bonds. The number of likely N-dealkylation sites (N-methyl/N-ethyl adjacent to an activating group) is 1. The summed E-state index contributed by atoms with van der Waals surface area (Å²) >= 11 is 0. The van der Waals surface area contributed by atoms with E-state index >= 15 is 0 Å². The minimum atomic E-state index is -4.14. The summed E-state index contributed by atoms with van der Waals surface area (Å²) in [4.78, 5) is 12.6. The van der Waals surface area contributed by atoms with Crippen LogP contribution in [0.2, 0.25) is 0 Å². The van der Waals surface area contributed by atoms with Crippen molar-refractivity contribution in [1.82, 2.24) is 0 Å². The van der Waals surface area contributed by atoms with Crippen molar-refractivity contribution >= 4 is 16.1 Å². The van der Waals surface area contributed by atoms with Crippen molar-refractivity contribution in [1.29, 1.82) is 0 Å². The number of carbonyl (C=O) groups is 1. The van der Waals surface area contributed by atoms with E-state index in [0.29, 0.717) is 6.42 Å². The van der Waals surface area contributed by atoms with Crippen LogP contribution >= 0.6 is 0 Å². The van der Waals surface area contributed by atoms with Crippen LogP contribution in [-0.4, -0.2) is 61.0 Å². The van der Waals surface area contributed by atoms with E-state index in [-0.39, 0.29) is 10.9 Å². The van der Waals surface area contributed by atoms with Gasteiger partial charge in [-0.15, -0.1) is 0 Å². The molecule has 0 saturated carbocycles. The second kappa shape index (κ2) is 17.0. The molecule has 0 rings (SSSR count). The third-order valence-electron chi connectivity index (χ3n) is 8.00. The molecule has 0 heterocycles. The maximum Gasteiger partial charge on any atom is 0.366 e. The zero-order valence-corrected chi connectivity index (χ0v) is 24.7. The second-order valence-corrected chi connectivity index (χ2v) is 13.7. The normalized spacial score (nSPS) is 14.7. The van der Waals surface area contributed by atoms with Crippen LogP contribution in [0.25, 0.3) is 0 Å². The number of quaternary nitrogens is 1. The Hall–Kier alpha value is -0.660. The van der Waals surface area contributed by atoms with E-state index in [4.69, 9.17) is 0 Å². The molecule has 0 aromatic heterocycles. The molecule has 35 heavy (non-hydrogen) atoms. The molecule has 0 aliphatic rings. The predicted molar refractivity (Wildman–Crippen MR) is 147 cm³/mol. The van der Waals surface area contributed by atoms with Crippen LogP contribution in [0.1, 0.15) is 136 Å². The van der Waals surface area contributed by atoms with Crippen LogP contribution in [0.4, 0.5) is 0 Å². The average molecular weight is 521 g/mol. The maximum absolute atomic E-state index is 12.6. The van der Waals surface area contributed by atoms with Gasteiger partial charge in [0.05, 0.1) is 26.9 Å². The standard InChI is InChI=1S/C28H57NO5S/c1-7-8-9-10-11-12-13-14-15-16-17-18-19-20-21-22-23-28(26(30)31,29(4,5)6)27(2,3)24-25-35(32,33)34/h7-25H2,1-6H3,(H-,30,31,32,33,34)/p+1. The Kier molecular flexibility index (Phi) is 16.6. The minimum absolute atomic E-state index is 0.104. The molecule has 0 fully saturated rings. The molecular weight excluding hydrogens is 462 g/mol. The third-order valence-corrected chi connectivity index (χ3v) is 8.72. The highest BCUT2D eigenvalue weighted by molar-refractivity contribution is 7.85. The number of hydrogen-bond donors (Lipinski definition) is 2. The molecule has 0 aromatic carbocycles. The molecule has 0 bridgehead atoms. The SMILES string of the molecule is CCCCCCCCCCCCCCCCCCC(C(=O)O)(C(C)(C)CCS(=O)(=O)O)[N+](C)(C)C. The maximum atomic E-state index is 12.6. The highest BCUT2D eigenvalue weighted by Crippen LogP contribution is 2.45. The van der Waals surface area contributed by atoms with E-state index in [0.717, 1.165) is 19.3 Å². The molecule has 0 aromatic rings. The zero-order valence-electron chi connectivity index (χ0n) is 23.9. The summed E-state index contributed by atoms with van der Waals surface area (Å²) < 4.78 is 32.1. The number of aliphatic carboxylic acids is 1. The van der Waals surface area contributed by atoms with Gasteiger partial charge in [0, 0.05) is 11.8 Å². The Balaban J connectivity index is 4.32. The van der Waals surface area contributed by atoms with Crippen LogP contribution in [0.15, 0.2) is 0 Å². The van der Waals surface area contributed by atoms with Gasteiger partial charge in [0.15, 0.2) is 0 Å². The van der Waals surface area contributed by atoms with E-state index in [9.17, 15) is 22.9 Å². The van der Waals surface area contributed by atoms with Crippen molar-refractivity contribution in [2.45, 2.75) is 142 Å². The number of carboxylic acid groups (broad SMARTS) is 1. The number of nitrogens with zero attached hydrogens (tertiary/aromatic N) is 1. The third kappa shape index (κ3) is 13.5. The molecule has 0 radical (unpaired) electrons. The molecule has 1 atom stereocenters. The average Bonchev–Trinajstić information content (AvgIpc) is 2.73. The molecule has 6 nitrogen and oxygen atoms in total. The number of hydrogen-bond acceptors (Lipinski definition) is 3. The van der Waals surface area contributed by atoms with Gasteiger partial charge in [0.25, 0.3) is 10.1 Å². The summed E-state index contributed by atoms with van der Waals surface area (Å²) in [6, 6.07) is 0. The summed E-state index contributed by atoms with van der Waals surface area (Å²) in [5.41, 5.74) is -1.93. The van der Waals surface area contributed by atoms with Crippen molar-refractivity contribution in [3.63, 3.8) is 0 Å². The summed E-state index contributed by atoms with van der Waals surface area (Å²) in [7, 11) is 1.47. The van der Waals surface area contributed by atoms with Crippen LogP contribution in [0, 0.1) is 5.41 Å². The van der Waals surface area contributed by atoms with Gasteiger partial charge in [-0.1, -0.05) is 117 Å². The molecule has 1 unspecified atom stereocenters. The molecular formula is C28H58NO5S+. The lowest BCUT2D eigenvalue weighted by molar-refractivity contribution is -0.923. The fraction of sp³-hybridized carbons (Fsp3) is 0.964. The molecule has 0 saturated heterocycles. The highest BCUT2D eigenvalue weighted by atomic mass is 32.2. The quantitative estimate of drug-likeness (QED) is 0.0828. The van der Waals surface area contributed by atoms with Gasteiger partial charge in [0.2, 0.25) is 5.54 Å². The lowest BCUT2D eigenvalue weighted by Gasteiger charge is -2.52. The lowest BCUT2D eigenvalue weighted by atomic mass is 9.65. The van der Waals surface area contributed by atoms with Crippen molar-refractivity contribution in [3.8, 4) is 0 Å².